The van der Waals surface area contributed by atoms with E-state index in [1.165, 1.54) is 17.3 Å². The number of aromatic nitrogens is 2. The fourth-order valence-corrected chi connectivity index (χ4v) is 3.06. The Bertz CT molecular complexity index is 703. The largest absolute Gasteiger partial charge is 0.325 e. The van der Waals surface area contributed by atoms with Gasteiger partial charge in [0.2, 0.25) is 5.91 Å². The zero-order valence-corrected chi connectivity index (χ0v) is 16.0. The van der Waals surface area contributed by atoms with Crippen LogP contribution in [0, 0.1) is 20.8 Å². The maximum absolute atomic E-state index is 12.4. The molecular weight excluding hydrogens is 318 g/mol. The van der Waals surface area contributed by atoms with E-state index in [0.29, 0.717) is 11.1 Å². The number of thioether (sulfide) groups is 1. The lowest BCUT2D eigenvalue weighted by atomic mass is 10.0. The van der Waals surface area contributed by atoms with E-state index in [0.717, 1.165) is 22.6 Å². The van der Waals surface area contributed by atoms with Crippen LogP contribution in [-0.2, 0) is 4.79 Å². The third-order valence-electron chi connectivity index (χ3n) is 4.11. The summed E-state index contributed by atoms with van der Waals surface area (Å²) >= 11 is 1.38. The number of amides is 1. The first-order valence-corrected chi connectivity index (χ1v) is 9.05. The minimum absolute atomic E-state index is 0.0446. The molecule has 4 nitrogen and oxygen atoms in total. The normalized spacial score (nSPS) is 12.3. The molecule has 0 saturated heterocycles. The van der Waals surface area contributed by atoms with E-state index in [1.807, 2.05) is 52.0 Å². The Morgan fingerprint density at radius 3 is 2.04 bits per heavy atom. The van der Waals surface area contributed by atoms with Crippen molar-refractivity contribution in [2.75, 3.05) is 5.32 Å². The van der Waals surface area contributed by atoms with Crippen molar-refractivity contribution < 1.29 is 4.79 Å². The Kier molecular flexibility index (Phi) is 5.99. The zero-order valence-electron chi connectivity index (χ0n) is 15.2. The summed E-state index contributed by atoms with van der Waals surface area (Å²) in [6, 6.07) is 7.99. The molecule has 2 aromatic rings. The number of nitrogens with zero attached hydrogens (tertiary/aromatic N) is 2. The highest BCUT2D eigenvalue weighted by molar-refractivity contribution is 8.00. The van der Waals surface area contributed by atoms with Gasteiger partial charge in [-0.05, 0) is 56.9 Å². The van der Waals surface area contributed by atoms with Crippen LogP contribution >= 0.6 is 11.8 Å². The van der Waals surface area contributed by atoms with Gasteiger partial charge in [0.15, 0.2) is 5.16 Å². The van der Waals surface area contributed by atoms with Crippen molar-refractivity contribution in [3.05, 3.63) is 46.8 Å². The first-order valence-electron chi connectivity index (χ1n) is 8.17. The first kappa shape index (κ1) is 18.5. The number of carbonyl (C=O) groups is 1. The summed E-state index contributed by atoms with van der Waals surface area (Å²) < 4.78 is 0. The van der Waals surface area contributed by atoms with Crippen LogP contribution in [0.25, 0.3) is 0 Å². The van der Waals surface area contributed by atoms with E-state index < -0.39 is 0 Å². The molecule has 0 saturated carbocycles. The average Bonchev–Trinajstić information content (AvgIpc) is 2.52. The summed E-state index contributed by atoms with van der Waals surface area (Å²) in [5.74, 6) is 0.436. The first-order chi connectivity index (χ1) is 11.3. The smallest absolute Gasteiger partial charge is 0.237 e. The molecule has 0 unspecified atom stereocenters. The van der Waals surface area contributed by atoms with Crippen molar-refractivity contribution in [2.45, 2.75) is 57.9 Å². The molecule has 0 aliphatic heterocycles. The standard InChI is InChI=1S/C19H25N3OS/c1-11(2)16-7-9-17(10-8-16)22-18(23)15(6)24-19-20-13(4)12(3)14(5)21-19/h7-11,15H,1-6H3,(H,22,23)/t15-/m1/s1. The van der Waals surface area contributed by atoms with Crippen molar-refractivity contribution in [1.29, 1.82) is 0 Å². The van der Waals surface area contributed by atoms with Crippen molar-refractivity contribution in [2.24, 2.45) is 0 Å². The number of carbonyl (C=O) groups excluding carboxylic acids is 1. The van der Waals surface area contributed by atoms with Crippen LogP contribution in [0.15, 0.2) is 29.4 Å². The number of benzene rings is 1. The van der Waals surface area contributed by atoms with E-state index in [9.17, 15) is 4.79 Å². The van der Waals surface area contributed by atoms with Gasteiger partial charge in [-0.25, -0.2) is 9.97 Å². The Labute approximate surface area is 148 Å². The molecule has 0 aliphatic carbocycles. The summed E-state index contributed by atoms with van der Waals surface area (Å²) in [5.41, 5.74) is 5.09. The second-order valence-electron chi connectivity index (χ2n) is 6.33. The highest BCUT2D eigenvalue weighted by atomic mass is 32.2. The van der Waals surface area contributed by atoms with E-state index >= 15 is 0 Å². The predicted molar refractivity (Wildman–Crippen MR) is 101 cm³/mol. The molecule has 0 aliphatic rings. The van der Waals surface area contributed by atoms with E-state index in [1.54, 1.807) is 0 Å². The van der Waals surface area contributed by atoms with Gasteiger partial charge in [0.1, 0.15) is 0 Å². The molecule has 1 amide bonds. The molecule has 0 bridgehead atoms. The predicted octanol–water partition coefficient (Wildman–Crippen LogP) is 4.64. The summed E-state index contributed by atoms with van der Waals surface area (Å²) in [7, 11) is 0. The lowest BCUT2D eigenvalue weighted by Gasteiger charge is -2.13. The Morgan fingerprint density at radius 2 is 1.54 bits per heavy atom. The third kappa shape index (κ3) is 4.57. The molecule has 2 rings (SSSR count). The number of hydrogen-bond donors (Lipinski definition) is 1. The lowest BCUT2D eigenvalue weighted by Crippen LogP contribution is -2.22. The van der Waals surface area contributed by atoms with Crippen molar-refractivity contribution >= 4 is 23.4 Å². The van der Waals surface area contributed by atoms with Crippen LogP contribution in [0.3, 0.4) is 0 Å². The maximum atomic E-state index is 12.4. The molecule has 0 spiro atoms. The molecule has 1 heterocycles. The molecule has 0 fully saturated rings. The molecule has 1 N–H and O–H groups in total. The zero-order chi connectivity index (χ0) is 17.9. The fraction of sp³-hybridized carbons (Fsp3) is 0.421. The number of hydrogen-bond acceptors (Lipinski definition) is 4. The molecule has 24 heavy (non-hydrogen) atoms. The number of anilines is 1. The second-order valence-corrected chi connectivity index (χ2v) is 7.64. The van der Waals surface area contributed by atoms with Crippen LogP contribution < -0.4 is 5.32 Å². The number of rotatable bonds is 5. The van der Waals surface area contributed by atoms with Gasteiger partial charge in [0, 0.05) is 17.1 Å². The van der Waals surface area contributed by atoms with E-state index in [-0.39, 0.29) is 11.2 Å². The molecule has 1 aromatic carbocycles. The highest BCUT2D eigenvalue weighted by Gasteiger charge is 2.17. The van der Waals surface area contributed by atoms with Crippen LogP contribution in [0.4, 0.5) is 5.69 Å². The topological polar surface area (TPSA) is 54.9 Å². The number of nitrogens with one attached hydrogen (secondary N) is 1. The lowest BCUT2D eigenvalue weighted by molar-refractivity contribution is -0.115. The second kappa shape index (κ2) is 7.79. The third-order valence-corrected chi connectivity index (χ3v) is 5.07. The molecular formula is C19H25N3OS. The van der Waals surface area contributed by atoms with Gasteiger partial charge in [-0.2, -0.15) is 0 Å². The average molecular weight is 343 g/mol. The van der Waals surface area contributed by atoms with E-state index in [4.69, 9.17) is 0 Å². The summed E-state index contributed by atoms with van der Waals surface area (Å²) in [5, 5.41) is 3.33. The summed E-state index contributed by atoms with van der Waals surface area (Å²) in [4.78, 5) is 21.3. The molecule has 5 heteroatoms. The molecule has 1 atom stereocenters. The SMILES string of the molecule is Cc1nc(S[C@H](C)C(=O)Nc2ccc(C(C)C)cc2)nc(C)c1C. The summed E-state index contributed by atoms with van der Waals surface area (Å²) in [6.45, 7) is 12.1. The van der Waals surface area contributed by atoms with Crippen LogP contribution in [0.1, 0.15) is 49.2 Å². The van der Waals surface area contributed by atoms with Gasteiger partial charge in [0.25, 0.3) is 0 Å². The number of aryl methyl sites for hydroxylation is 2. The van der Waals surface area contributed by atoms with Gasteiger partial charge in [-0.15, -0.1) is 0 Å². The van der Waals surface area contributed by atoms with Gasteiger partial charge >= 0.3 is 0 Å². The van der Waals surface area contributed by atoms with Crippen molar-refractivity contribution in [3.8, 4) is 0 Å². The van der Waals surface area contributed by atoms with E-state index in [2.05, 4.69) is 29.1 Å². The Morgan fingerprint density at radius 1 is 1.00 bits per heavy atom. The monoisotopic (exact) mass is 343 g/mol. The molecule has 1 aromatic heterocycles. The highest BCUT2D eigenvalue weighted by Crippen LogP contribution is 2.23. The molecule has 0 radical (unpaired) electrons. The van der Waals surface area contributed by atoms with Crippen molar-refractivity contribution in [1.82, 2.24) is 9.97 Å². The van der Waals surface area contributed by atoms with Gasteiger partial charge in [-0.1, -0.05) is 37.7 Å². The van der Waals surface area contributed by atoms with Gasteiger partial charge < -0.3 is 5.32 Å². The maximum Gasteiger partial charge on any atom is 0.237 e. The Hall–Kier alpha value is -1.88. The molecule has 128 valence electrons. The fourth-order valence-electron chi connectivity index (χ4n) is 2.20. The Balaban J connectivity index is 2.02. The van der Waals surface area contributed by atoms with Crippen LogP contribution in [-0.4, -0.2) is 21.1 Å². The van der Waals surface area contributed by atoms with Crippen LogP contribution in [0.5, 0.6) is 0 Å². The van der Waals surface area contributed by atoms with Gasteiger partial charge in [0.05, 0.1) is 5.25 Å². The van der Waals surface area contributed by atoms with Crippen molar-refractivity contribution in [3.63, 3.8) is 0 Å². The minimum atomic E-state index is -0.267. The quantitative estimate of drug-likeness (QED) is 0.634. The minimum Gasteiger partial charge on any atom is -0.325 e. The summed E-state index contributed by atoms with van der Waals surface area (Å²) in [6.07, 6.45) is 0. The van der Waals surface area contributed by atoms with Crippen LogP contribution in [0.2, 0.25) is 0 Å². The van der Waals surface area contributed by atoms with Gasteiger partial charge in [-0.3, -0.25) is 4.79 Å².